The van der Waals surface area contributed by atoms with Gasteiger partial charge < -0.3 is 15.7 Å². The van der Waals surface area contributed by atoms with Crippen LogP contribution in [0.3, 0.4) is 0 Å². The summed E-state index contributed by atoms with van der Waals surface area (Å²) in [5.41, 5.74) is 0. The van der Waals surface area contributed by atoms with Crippen molar-refractivity contribution >= 4 is 23.8 Å². The maximum Gasteiger partial charge on any atom is 0.315 e. The molecule has 0 aliphatic carbocycles. The number of urea groups is 1. The molecule has 2 aliphatic heterocycles. The van der Waals surface area contributed by atoms with Gasteiger partial charge in [0.15, 0.2) is 0 Å². The average Bonchev–Trinajstić information content (AvgIpc) is 2.72. The molecular formula is C10H16N2O3S. The molecule has 2 amide bonds. The molecule has 5 nitrogen and oxygen atoms in total. The number of fused-ring (bicyclic) bond motifs is 1. The second-order valence-electron chi connectivity index (χ2n) is 4.26. The van der Waals surface area contributed by atoms with Crippen LogP contribution in [0.2, 0.25) is 0 Å². The fraction of sp³-hybridized carbons (Fsp3) is 0.800. The summed E-state index contributed by atoms with van der Waals surface area (Å²) in [5, 5.41) is 14.8. The van der Waals surface area contributed by atoms with Crippen molar-refractivity contribution in [3.8, 4) is 0 Å². The number of aliphatic carboxylic acids is 1. The fourth-order valence-corrected chi connectivity index (χ4v) is 3.81. The van der Waals surface area contributed by atoms with Crippen molar-refractivity contribution in [1.29, 1.82) is 0 Å². The van der Waals surface area contributed by atoms with E-state index >= 15 is 0 Å². The lowest BCUT2D eigenvalue weighted by Gasteiger charge is -2.16. The van der Waals surface area contributed by atoms with Crippen molar-refractivity contribution in [1.82, 2.24) is 10.6 Å². The molecule has 0 spiro atoms. The summed E-state index contributed by atoms with van der Waals surface area (Å²) in [7, 11) is 0. The van der Waals surface area contributed by atoms with E-state index in [4.69, 9.17) is 5.11 Å². The fourth-order valence-electron chi connectivity index (χ4n) is 2.26. The van der Waals surface area contributed by atoms with E-state index in [9.17, 15) is 9.59 Å². The first-order valence-corrected chi connectivity index (χ1v) is 6.62. The van der Waals surface area contributed by atoms with Gasteiger partial charge in [-0.25, -0.2) is 4.79 Å². The minimum atomic E-state index is -0.729. The molecule has 0 aromatic carbocycles. The maximum absolute atomic E-state index is 11.1. The van der Waals surface area contributed by atoms with E-state index in [0.29, 0.717) is 5.25 Å². The SMILES string of the molecule is O=C(O)CCCC[C@H]1SCC2NC(=O)N[C@@H]21. The van der Waals surface area contributed by atoms with E-state index in [1.54, 1.807) is 0 Å². The molecular weight excluding hydrogens is 228 g/mol. The summed E-state index contributed by atoms with van der Waals surface area (Å²) in [4.78, 5) is 21.5. The number of unbranched alkanes of at least 4 members (excludes halogenated alkanes) is 1. The van der Waals surface area contributed by atoms with Gasteiger partial charge in [0.25, 0.3) is 0 Å². The molecule has 16 heavy (non-hydrogen) atoms. The lowest BCUT2D eigenvalue weighted by molar-refractivity contribution is -0.137. The standard InChI is InChI=1S/C10H16N2O3S/c13-8(14)4-2-1-3-7-9-6(5-16-7)11-10(15)12-9/h6-7,9H,1-5H2,(H,13,14)(H2,11,12,15)/t6?,7-,9+/m1/s1. The van der Waals surface area contributed by atoms with Crippen LogP contribution in [-0.4, -0.2) is 40.2 Å². The smallest absolute Gasteiger partial charge is 0.315 e. The molecule has 0 radical (unpaired) electrons. The zero-order valence-electron chi connectivity index (χ0n) is 8.94. The molecule has 2 fully saturated rings. The Kier molecular flexibility index (Phi) is 3.58. The first kappa shape index (κ1) is 11.6. The van der Waals surface area contributed by atoms with Crippen LogP contribution in [0.4, 0.5) is 4.79 Å². The van der Waals surface area contributed by atoms with Crippen LogP contribution in [0.15, 0.2) is 0 Å². The Hall–Kier alpha value is -0.910. The van der Waals surface area contributed by atoms with E-state index in [1.807, 2.05) is 11.8 Å². The zero-order chi connectivity index (χ0) is 11.5. The topological polar surface area (TPSA) is 78.4 Å². The van der Waals surface area contributed by atoms with Crippen LogP contribution in [0.5, 0.6) is 0 Å². The summed E-state index contributed by atoms with van der Waals surface area (Å²) in [5.74, 6) is 0.236. The van der Waals surface area contributed by atoms with E-state index in [2.05, 4.69) is 10.6 Å². The number of carboxylic acid groups (broad SMARTS) is 1. The van der Waals surface area contributed by atoms with E-state index < -0.39 is 5.97 Å². The van der Waals surface area contributed by atoms with Crippen molar-refractivity contribution in [2.75, 3.05) is 5.75 Å². The number of amides is 2. The first-order valence-electron chi connectivity index (χ1n) is 5.57. The van der Waals surface area contributed by atoms with Crippen LogP contribution >= 0.6 is 11.8 Å². The van der Waals surface area contributed by atoms with E-state index in [1.165, 1.54) is 0 Å². The molecule has 0 bridgehead atoms. The molecule has 6 heteroatoms. The van der Waals surface area contributed by atoms with Crippen molar-refractivity contribution in [2.45, 2.75) is 43.0 Å². The van der Waals surface area contributed by atoms with Gasteiger partial charge in [-0.2, -0.15) is 11.8 Å². The Morgan fingerprint density at radius 1 is 1.44 bits per heavy atom. The van der Waals surface area contributed by atoms with Crippen LogP contribution < -0.4 is 10.6 Å². The highest BCUT2D eigenvalue weighted by atomic mass is 32.2. The van der Waals surface area contributed by atoms with Crippen molar-refractivity contribution in [2.24, 2.45) is 0 Å². The minimum Gasteiger partial charge on any atom is -0.481 e. The monoisotopic (exact) mass is 244 g/mol. The van der Waals surface area contributed by atoms with Gasteiger partial charge >= 0.3 is 12.0 Å². The van der Waals surface area contributed by atoms with Crippen molar-refractivity contribution in [3.63, 3.8) is 0 Å². The van der Waals surface area contributed by atoms with Crippen molar-refractivity contribution < 1.29 is 14.7 Å². The maximum atomic E-state index is 11.1. The normalized spacial score (nSPS) is 32.0. The summed E-state index contributed by atoms with van der Waals surface area (Å²) in [6, 6.07) is 0.440. The second kappa shape index (κ2) is 4.95. The lowest BCUT2D eigenvalue weighted by Crippen LogP contribution is -2.36. The Balaban J connectivity index is 1.70. The van der Waals surface area contributed by atoms with Gasteiger partial charge in [0.05, 0.1) is 12.1 Å². The quantitative estimate of drug-likeness (QED) is 0.493. The average molecular weight is 244 g/mol. The minimum absolute atomic E-state index is 0.0640. The van der Waals surface area contributed by atoms with Crippen LogP contribution in [0, 0.1) is 0 Å². The van der Waals surface area contributed by atoms with Gasteiger partial charge in [-0.1, -0.05) is 6.42 Å². The molecule has 2 heterocycles. The molecule has 1 unspecified atom stereocenters. The number of carboxylic acids is 1. The van der Waals surface area contributed by atoms with Crippen LogP contribution in [0.25, 0.3) is 0 Å². The summed E-state index contributed by atoms with van der Waals surface area (Å²) >= 11 is 1.87. The zero-order valence-corrected chi connectivity index (χ0v) is 9.76. The summed E-state index contributed by atoms with van der Waals surface area (Å²) in [6.45, 7) is 0. The van der Waals surface area contributed by atoms with Gasteiger partial charge in [0, 0.05) is 17.4 Å². The molecule has 0 saturated carbocycles. The third-order valence-corrected chi connectivity index (χ3v) is 4.58. The van der Waals surface area contributed by atoms with Crippen LogP contribution in [0.1, 0.15) is 25.7 Å². The number of thioether (sulfide) groups is 1. The highest BCUT2D eigenvalue weighted by Crippen LogP contribution is 2.33. The molecule has 2 saturated heterocycles. The van der Waals surface area contributed by atoms with Crippen molar-refractivity contribution in [3.05, 3.63) is 0 Å². The second-order valence-corrected chi connectivity index (χ2v) is 5.53. The van der Waals surface area contributed by atoms with Crippen LogP contribution in [-0.2, 0) is 4.79 Å². The Labute approximate surface area is 98.4 Å². The van der Waals surface area contributed by atoms with Gasteiger partial charge in [0.1, 0.15) is 0 Å². The Morgan fingerprint density at radius 2 is 2.25 bits per heavy atom. The number of nitrogens with one attached hydrogen (secondary N) is 2. The third kappa shape index (κ3) is 2.61. The highest BCUT2D eigenvalue weighted by molar-refractivity contribution is 8.00. The third-order valence-electron chi connectivity index (χ3n) is 3.07. The molecule has 0 aromatic heterocycles. The van der Waals surface area contributed by atoms with E-state index in [0.717, 1.165) is 25.0 Å². The predicted molar refractivity (Wildman–Crippen MR) is 61.6 cm³/mol. The molecule has 3 N–H and O–H groups in total. The van der Waals surface area contributed by atoms with Gasteiger partial charge in [-0.3, -0.25) is 4.79 Å². The first-order chi connectivity index (χ1) is 7.66. The number of hydrogen-bond donors (Lipinski definition) is 3. The number of carbonyl (C=O) groups excluding carboxylic acids is 1. The molecule has 3 atom stereocenters. The number of rotatable bonds is 5. The molecule has 0 aromatic rings. The number of carbonyl (C=O) groups is 2. The molecule has 2 aliphatic rings. The summed E-state index contributed by atoms with van der Waals surface area (Å²) in [6.07, 6.45) is 2.88. The number of hydrogen-bond acceptors (Lipinski definition) is 3. The Bertz CT molecular complexity index is 298. The molecule has 90 valence electrons. The predicted octanol–water partition coefficient (Wildman–Crippen LogP) is 0.797. The van der Waals surface area contributed by atoms with Gasteiger partial charge in [-0.15, -0.1) is 0 Å². The summed E-state index contributed by atoms with van der Waals surface area (Å²) < 4.78 is 0. The van der Waals surface area contributed by atoms with E-state index in [-0.39, 0.29) is 24.5 Å². The largest absolute Gasteiger partial charge is 0.481 e. The molecule has 2 rings (SSSR count). The van der Waals surface area contributed by atoms with Gasteiger partial charge in [0.2, 0.25) is 0 Å². The Morgan fingerprint density at radius 3 is 3.00 bits per heavy atom. The lowest BCUT2D eigenvalue weighted by atomic mass is 10.0. The highest BCUT2D eigenvalue weighted by Gasteiger charge is 2.42. The van der Waals surface area contributed by atoms with Gasteiger partial charge in [-0.05, 0) is 12.8 Å².